The maximum absolute atomic E-state index is 5.61. The van der Waals surface area contributed by atoms with E-state index in [0.29, 0.717) is 11.1 Å². The summed E-state index contributed by atoms with van der Waals surface area (Å²) in [6.07, 6.45) is 8.20. The van der Waals surface area contributed by atoms with Crippen molar-refractivity contribution < 1.29 is 0 Å². The van der Waals surface area contributed by atoms with E-state index in [1.54, 1.807) is 0 Å². The number of H-pyrrole nitrogens is 1. The van der Waals surface area contributed by atoms with Gasteiger partial charge in [-0.3, -0.25) is 0 Å². The molecule has 0 saturated carbocycles. The highest BCUT2D eigenvalue weighted by Gasteiger charge is 2.07. The molecule has 0 aliphatic heterocycles. The molecule has 62 valence electrons. The first-order valence-electron chi connectivity index (χ1n) is 3.80. The van der Waals surface area contributed by atoms with Crippen molar-refractivity contribution in [3.8, 4) is 0 Å². The molecule has 0 fully saturated rings. The smallest absolute Gasteiger partial charge is 0.218 e. The van der Waals surface area contributed by atoms with Crippen LogP contribution >= 0.6 is 11.6 Å². The second-order valence-electron chi connectivity index (χ2n) is 2.61. The van der Waals surface area contributed by atoms with E-state index in [4.69, 9.17) is 11.6 Å². The molecule has 1 heterocycles. The Morgan fingerprint density at radius 1 is 1.50 bits per heavy atom. The van der Waals surface area contributed by atoms with Crippen molar-refractivity contribution in [2.24, 2.45) is 0 Å². The summed E-state index contributed by atoms with van der Waals surface area (Å²) in [7, 11) is 0. The quantitative estimate of drug-likeness (QED) is 0.722. The number of aromatic amines is 1. The van der Waals surface area contributed by atoms with Crippen molar-refractivity contribution in [2.75, 3.05) is 0 Å². The van der Waals surface area contributed by atoms with Crippen molar-refractivity contribution in [3.05, 3.63) is 29.3 Å². The predicted octanol–water partition coefficient (Wildman–Crippen LogP) is 2.19. The van der Waals surface area contributed by atoms with Crippen molar-refractivity contribution >= 4 is 17.2 Å². The molecule has 0 unspecified atom stereocenters. The molecule has 0 radical (unpaired) electrons. The largest absolute Gasteiger partial charge is 0.249 e. The number of aromatic nitrogens is 3. The predicted molar refractivity (Wildman–Crippen MR) is 47.7 cm³/mol. The first-order chi connectivity index (χ1) is 5.86. The molecule has 1 aromatic heterocycles. The molecule has 0 atom stereocenters. The third-order valence-electron chi connectivity index (χ3n) is 1.76. The summed E-state index contributed by atoms with van der Waals surface area (Å²) in [5.74, 6) is 0.712. The van der Waals surface area contributed by atoms with Gasteiger partial charge in [0.05, 0.1) is 0 Å². The molecule has 1 aliphatic carbocycles. The average Bonchev–Trinajstić information content (AvgIpc) is 2.54. The van der Waals surface area contributed by atoms with Crippen LogP contribution in [0.4, 0.5) is 0 Å². The lowest BCUT2D eigenvalue weighted by molar-refractivity contribution is 1.00. The molecule has 3 nitrogen and oxygen atoms in total. The SMILES string of the molecule is Clc1nc(C2=CC=CCC2)n[nH]1. The Bertz CT molecular complexity index is 338. The molecule has 0 spiro atoms. The molecule has 2 rings (SSSR count). The molecule has 0 amide bonds. The van der Waals surface area contributed by atoms with Crippen LogP contribution in [0.2, 0.25) is 5.28 Å². The maximum atomic E-state index is 5.61. The molecule has 4 heteroatoms. The van der Waals surface area contributed by atoms with Crippen LogP contribution in [0.1, 0.15) is 18.7 Å². The zero-order valence-electron chi connectivity index (χ0n) is 6.42. The Morgan fingerprint density at radius 3 is 3.00 bits per heavy atom. The number of halogens is 1. The normalized spacial score (nSPS) is 16.2. The van der Waals surface area contributed by atoms with Crippen molar-refractivity contribution in [1.29, 1.82) is 0 Å². The van der Waals surface area contributed by atoms with E-state index in [9.17, 15) is 0 Å². The van der Waals surface area contributed by atoms with E-state index in [0.717, 1.165) is 18.4 Å². The zero-order valence-corrected chi connectivity index (χ0v) is 7.17. The molecule has 1 N–H and O–H groups in total. The van der Waals surface area contributed by atoms with Gasteiger partial charge >= 0.3 is 0 Å². The van der Waals surface area contributed by atoms with E-state index >= 15 is 0 Å². The van der Waals surface area contributed by atoms with E-state index in [1.165, 1.54) is 0 Å². The summed E-state index contributed by atoms with van der Waals surface area (Å²) in [6, 6.07) is 0. The highest BCUT2D eigenvalue weighted by atomic mass is 35.5. The van der Waals surface area contributed by atoms with Crippen molar-refractivity contribution in [3.63, 3.8) is 0 Å². The van der Waals surface area contributed by atoms with Crippen LogP contribution in [0.5, 0.6) is 0 Å². The second kappa shape index (κ2) is 3.11. The summed E-state index contributed by atoms with van der Waals surface area (Å²) in [5.41, 5.74) is 1.14. The van der Waals surface area contributed by atoms with Crippen LogP contribution in [0.15, 0.2) is 18.2 Å². The lowest BCUT2D eigenvalue weighted by atomic mass is 10.1. The highest BCUT2D eigenvalue weighted by molar-refractivity contribution is 6.28. The van der Waals surface area contributed by atoms with Gasteiger partial charge in [0.15, 0.2) is 5.82 Å². The minimum absolute atomic E-state index is 0.348. The lowest BCUT2D eigenvalue weighted by Gasteiger charge is -2.02. The molecule has 0 aromatic carbocycles. The minimum atomic E-state index is 0.348. The van der Waals surface area contributed by atoms with Gasteiger partial charge in [-0.1, -0.05) is 18.2 Å². The first-order valence-corrected chi connectivity index (χ1v) is 4.18. The Hall–Kier alpha value is -1.09. The van der Waals surface area contributed by atoms with Crippen LogP contribution in [0.25, 0.3) is 5.57 Å². The average molecular weight is 182 g/mol. The van der Waals surface area contributed by atoms with Crippen LogP contribution in [0, 0.1) is 0 Å². The van der Waals surface area contributed by atoms with Gasteiger partial charge in [-0.2, -0.15) is 10.1 Å². The fourth-order valence-electron chi connectivity index (χ4n) is 1.17. The fourth-order valence-corrected chi connectivity index (χ4v) is 1.30. The molecular formula is C8H8ClN3. The summed E-state index contributed by atoms with van der Waals surface area (Å²) in [6.45, 7) is 0. The Labute approximate surface area is 75.2 Å². The molecule has 0 bridgehead atoms. The van der Waals surface area contributed by atoms with Crippen LogP contribution in [-0.2, 0) is 0 Å². The van der Waals surface area contributed by atoms with E-state index in [-0.39, 0.29) is 0 Å². The van der Waals surface area contributed by atoms with Gasteiger partial charge in [0.2, 0.25) is 5.28 Å². The molecule has 0 saturated heterocycles. The molecular weight excluding hydrogens is 174 g/mol. The van der Waals surface area contributed by atoms with Crippen LogP contribution in [-0.4, -0.2) is 15.2 Å². The van der Waals surface area contributed by atoms with Gasteiger partial charge in [0, 0.05) is 0 Å². The summed E-state index contributed by atoms with van der Waals surface area (Å²) in [4.78, 5) is 4.03. The van der Waals surface area contributed by atoms with Gasteiger partial charge in [-0.15, -0.1) is 0 Å². The molecule has 1 aromatic rings. The zero-order chi connectivity index (χ0) is 8.39. The Kier molecular flexibility index (Phi) is 1.96. The summed E-state index contributed by atoms with van der Waals surface area (Å²) < 4.78 is 0. The first kappa shape index (κ1) is 7.55. The molecule has 1 aliphatic rings. The fraction of sp³-hybridized carbons (Fsp3) is 0.250. The number of allylic oxidation sites excluding steroid dienone is 4. The number of hydrogen-bond acceptors (Lipinski definition) is 2. The maximum Gasteiger partial charge on any atom is 0.218 e. The topological polar surface area (TPSA) is 41.6 Å². The highest BCUT2D eigenvalue weighted by Crippen LogP contribution is 2.20. The number of rotatable bonds is 1. The number of nitrogens with one attached hydrogen (secondary N) is 1. The van der Waals surface area contributed by atoms with Gasteiger partial charge in [0.1, 0.15) is 0 Å². The van der Waals surface area contributed by atoms with E-state index in [2.05, 4.69) is 21.3 Å². The summed E-state index contributed by atoms with van der Waals surface area (Å²) >= 11 is 5.61. The summed E-state index contributed by atoms with van der Waals surface area (Å²) in [5, 5.41) is 6.92. The van der Waals surface area contributed by atoms with Gasteiger partial charge in [-0.25, -0.2) is 5.10 Å². The van der Waals surface area contributed by atoms with Crippen LogP contribution < -0.4 is 0 Å². The Morgan fingerprint density at radius 2 is 2.42 bits per heavy atom. The lowest BCUT2D eigenvalue weighted by Crippen LogP contribution is -1.90. The second-order valence-corrected chi connectivity index (χ2v) is 2.97. The van der Waals surface area contributed by atoms with Crippen molar-refractivity contribution in [1.82, 2.24) is 15.2 Å². The monoisotopic (exact) mass is 181 g/mol. The number of nitrogens with zero attached hydrogens (tertiary/aromatic N) is 2. The van der Waals surface area contributed by atoms with Gasteiger partial charge < -0.3 is 0 Å². The van der Waals surface area contributed by atoms with Crippen LogP contribution in [0.3, 0.4) is 0 Å². The standard InChI is InChI=1S/C8H8ClN3/c9-8-10-7(11-12-8)6-4-2-1-3-5-6/h1-2,4H,3,5H2,(H,10,11,12). The van der Waals surface area contributed by atoms with E-state index < -0.39 is 0 Å². The Balaban J connectivity index is 2.30. The van der Waals surface area contributed by atoms with Crippen molar-refractivity contribution in [2.45, 2.75) is 12.8 Å². The number of hydrogen-bond donors (Lipinski definition) is 1. The third-order valence-corrected chi connectivity index (χ3v) is 1.93. The molecule has 12 heavy (non-hydrogen) atoms. The van der Waals surface area contributed by atoms with E-state index in [1.807, 2.05) is 12.2 Å². The van der Waals surface area contributed by atoms with Gasteiger partial charge in [-0.05, 0) is 30.0 Å². The van der Waals surface area contributed by atoms with Gasteiger partial charge in [0.25, 0.3) is 0 Å². The minimum Gasteiger partial charge on any atom is -0.249 e. The third kappa shape index (κ3) is 1.41.